The average molecular weight is 347 g/mol. The molecule has 0 aliphatic heterocycles. The third-order valence-corrected chi connectivity index (χ3v) is 3.27. The molecule has 0 saturated heterocycles. The lowest BCUT2D eigenvalue weighted by atomic mass is 10.2. The normalized spacial score (nSPS) is 11.2. The van der Waals surface area contributed by atoms with Gasteiger partial charge in [-0.1, -0.05) is 12.8 Å². The highest BCUT2D eigenvalue weighted by Crippen LogP contribution is 2.00. The Morgan fingerprint density at radius 1 is 0.750 bits per heavy atom. The van der Waals surface area contributed by atoms with Crippen molar-refractivity contribution in [1.29, 1.82) is 0 Å². The van der Waals surface area contributed by atoms with E-state index in [1.165, 1.54) is 12.8 Å². The third-order valence-electron chi connectivity index (χ3n) is 3.27. The lowest BCUT2D eigenvalue weighted by Crippen LogP contribution is -2.30. The van der Waals surface area contributed by atoms with Crippen LogP contribution in [0.15, 0.2) is 0 Å². The molecule has 24 heavy (non-hydrogen) atoms. The number of methoxy groups -OCH3 is 1. The van der Waals surface area contributed by atoms with Crippen molar-refractivity contribution in [1.82, 2.24) is 5.32 Å². The monoisotopic (exact) mass is 347 g/mol. The smallest absolute Gasteiger partial charge is 0.220 e. The van der Waals surface area contributed by atoms with Crippen molar-refractivity contribution >= 4 is 5.91 Å². The molecule has 0 spiro atoms. The largest absolute Gasteiger partial charge is 0.385 e. The first-order chi connectivity index (χ1) is 11.7. The average Bonchev–Trinajstić information content (AvgIpc) is 2.53. The molecule has 0 rings (SSSR count). The minimum Gasteiger partial charge on any atom is -0.385 e. The summed E-state index contributed by atoms with van der Waals surface area (Å²) in [6.07, 6.45) is 5.86. The zero-order valence-electron chi connectivity index (χ0n) is 15.8. The van der Waals surface area contributed by atoms with Crippen molar-refractivity contribution in [2.45, 2.75) is 58.4 Å². The van der Waals surface area contributed by atoms with E-state index in [9.17, 15) is 4.79 Å². The van der Waals surface area contributed by atoms with E-state index in [1.807, 2.05) is 13.8 Å². The predicted octanol–water partition coefficient (Wildman–Crippen LogP) is 2.55. The van der Waals surface area contributed by atoms with Crippen molar-refractivity contribution in [3.63, 3.8) is 0 Å². The topological polar surface area (TPSA) is 66.0 Å². The number of unbranched alkanes of at least 4 members (excludes halogenated alkanes) is 3. The van der Waals surface area contributed by atoms with Crippen LogP contribution in [-0.2, 0) is 23.7 Å². The summed E-state index contributed by atoms with van der Waals surface area (Å²) in [5.41, 5.74) is 0. The summed E-state index contributed by atoms with van der Waals surface area (Å²) in [4.78, 5) is 11.4. The van der Waals surface area contributed by atoms with Gasteiger partial charge < -0.3 is 24.3 Å². The van der Waals surface area contributed by atoms with Gasteiger partial charge in [-0.25, -0.2) is 0 Å². The van der Waals surface area contributed by atoms with E-state index >= 15 is 0 Å². The molecule has 0 saturated carbocycles. The minimum absolute atomic E-state index is 0.0840. The quantitative estimate of drug-likeness (QED) is 0.386. The van der Waals surface area contributed by atoms with Gasteiger partial charge >= 0.3 is 0 Å². The standard InChI is InChI=1S/C18H37NO5/c1-17(2)19-18(20)9-8-12-23-14-16-24-15-13-22-11-7-5-4-6-10-21-3/h17H,4-16H2,1-3H3,(H,19,20). The SMILES string of the molecule is COCCCCCCOCCOCCOCCCC(=O)NC(C)C. The predicted molar refractivity (Wildman–Crippen MR) is 95.3 cm³/mol. The fourth-order valence-corrected chi connectivity index (χ4v) is 2.07. The molecule has 6 nitrogen and oxygen atoms in total. The molecule has 0 aliphatic rings. The Kier molecular flexibility index (Phi) is 18.1. The highest BCUT2D eigenvalue weighted by Gasteiger charge is 2.02. The second kappa shape index (κ2) is 18.6. The molecule has 1 amide bonds. The van der Waals surface area contributed by atoms with Gasteiger partial charge in [0.2, 0.25) is 5.91 Å². The first kappa shape index (κ1) is 23.3. The Morgan fingerprint density at radius 2 is 1.25 bits per heavy atom. The Bertz CT molecular complexity index is 274. The molecular formula is C18H37NO5. The van der Waals surface area contributed by atoms with Crippen LogP contribution in [0.1, 0.15) is 52.4 Å². The number of nitrogens with one attached hydrogen (secondary N) is 1. The van der Waals surface area contributed by atoms with Crippen LogP contribution in [0.25, 0.3) is 0 Å². The van der Waals surface area contributed by atoms with Gasteiger partial charge in [0, 0.05) is 39.4 Å². The Morgan fingerprint density at radius 3 is 1.79 bits per heavy atom. The molecule has 0 unspecified atom stereocenters. The minimum atomic E-state index is 0.0840. The van der Waals surface area contributed by atoms with Crippen molar-refractivity contribution in [2.24, 2.45) is 0 Å². The molecule has 144 valence electrons. The summed E-state index contributed by atoms with van der Waals surface area (Å²) in [5.74, 6) is 0.0840. The van der Waals surface area contributed by atoms with Gasteiger partial charge in [0.15, 0.2) is 0 Å². The molecule has 0 aromatic rings. The van der Waals surface area contributed by atoms with E-state index < -0.39 is 0 Å². The number of ether oxygens (including phenoxy) is 4. The molecule has 0 heterocycles. The summed E-state index contributed by atoms with van der Waals surface area (Å²) in [5, 5.41) is 2.86. The molecule has 0 atom stereocenters. The number of carbonyl (C=O) groups is 1. The molecular weight excluding hydrogens is 310 g/mol. The highest BCUT2D eigenvalue weighted by atomic mass is 16.5. The number of hydrogen-bond acceptors (Lipinski definition) is 5. The zero-order valence-corrected chi connectivity index (χ0v) is 15.8. The molecule has 6 heteroatoms. The van der Waals surface area contributed by atoms with Crippen LogP contribution in [0.5, 0.6) is 0 Å². The van der Waals surface area contributed by atoms with E-state index in [1.54, 1.807) is 7.11 Å². The highest BCUT2D eigenvalue weighted by molar-refractivity contribution is 5.76. The van der Waals surface area contributed by atoms with Gasteiger partial charge in [0.25, 0.3) is 0 Å². The molecule has 0 aliphatic carbocycles. The first-order valence-corrected chi connectivity index (χ1v) is 9.18. The van der Waals surface area contributed by atoms with Crippen LogP contribution in [0.3, 0.4) is 0 Å². The molecule has 0 bridgehead atoms. The van der Waals surface area contributed by atoms with E-state index in [-0.39, 0.29) is 11.9 Å². The Balaban J connectivity index is 3.06. The van der Waals surface area contributed by atoms with E-state index in [0.29, 0.717) is 39.5 Å². The lowest BCUT2D eigenvalue weighted by Gasteiger charge is -2.09. The zero-order chi connectivity index (χ0) is 17.9. The second-order valence-electron chi connectivity index (χ2n) is 6.07. The summed E-state index contributed by atoms with van der Waals surface area (Å²) in [6.45, 7) is 8.51. The fourth-order valence-electron chi connectivity index (χ4n) is 2.07. The number of hydrogen-bond donors (Lipinski definition) is 1. The first-order valence-electron chi connectivity index (χ1n) is 9.18. The second-order valence-corrected chi connectivity index (χ2v) is 6.07. The van der Waals surface area contributed by atoms with E-state index in [4.69, 9.17) is 18.9 Å². The maximum absolute atomic E-state index is 11.4. The van der Waals surface area contributed by atoms with Gasteiger partial charge in [0.1, 0.15) is 0 Å². The van der Waals surface area contributed by atoms with Crippen LogP contribution < -0.4 is 5.32 Å². The van der Waals surface area contributed by atoms with Crippen molar-refractivity contribution in [3.05, 3.63) is 0 Å². The summed E-state index contributed by atoms with van der Waals surface area (Å²) >= 11 is 0. The van der Waals surface area contributed by atoms with Crippen molar-refractivity contribution in [2.75, 3.05) is 53.4 Å². The van der Waals surface area contributed by atoms with Crippen LogP contribution in [0.2, 0.25) is 0 Å². The summed E-state index contributed by atoms with van der Waals surface area (Å²) in [6, 6.07) is 0.199. The lowest BCUT2D eigenvalue weighted by molar-refractivity contribution is -0.121. The van der Waals surface area contributed by atoms with Crippen molar-refractivity contribution in [3.8, 4) is 0 Å². The maximum atomic E-state index is 11.4. The summed E-state index contributed by atoms with van der Waals surface area (Å²) in [7, 11) is 1.74. The van der Waals surface area contributed by atoms with E-state index in [0.717, 1.165) is 32.5 Å². The Hall–Kier alpha value is -0.690. The van der Waals surface area contributed by atoms with Crippen molar-refractivity contribution < 1.29 is 23.7 Å². The van der Waals surface area contributed by atoms with Crippen LogP contribution in [0.4, 0.5) is 0 Å². The van der Waals surface area contributed by atoms with Gasteiger partial charge in [0.05, 0.1) is 26.4 Å². The third kappa shape index (κ3) is 19.4. The maximum Gasteiger partial charge on any atom is 0.220 e. The van der Waals surface area contributed by atoms with Crippen LogP contribution >= 0.6 is 0 Å². The Labute approximate surface area is 147 Å². The summed E-state index contributed by atoms with van der Waals surface area (Å²) < 4.78 is 21.4. The number of rotatable bonds is 18. The van der Waals surface area contributed by atoms with Gasteiger partial charge in [-0.2, -0.15) is 0 Å². The molecule has 0 fully saturated rings. The van der Waals surface area contributed by atoms with E-state index in [2.05, 4.69) is 5.32 Å². The molecule has 1 N–H and O–H groups in total. The number of carbonyl (C=O) groups excluding carboxylic acids is 1. The van der Waals surface area contributed by atoms with Gasteiger partial charge in [-0.3, -0.25) is 4.79 Å². The molecule has 0 radical (unpaired) electrons. The van der Waals surface area contributed by atoms with Gasteiger partial charge in [-0.05, 0) is 33.1 Å². The number of amides is 1. The van der Waals surface area contributed by atoms with Crippen LogP contribution in [0, 0.1) is 0 Å². The van der Waals surface area contributed by atoms with Gasteiger partial charge in [-0.15, -0.1) is 0 Å². The van der Waals surface area contributed by atoms with Crippen LogP contribution in [-0.4, -0.2) is 65.3 Å². The fraction of sp³-hybridized carbons (Fsp3) is 0.944. The molecule has 0 aromatic heterocycles. The molecule has 0 aromatic carbocycles.